The Morgan fingerprint density at radius 2 is 2.07 bits per heavy atom. The number of rotatable bonds is 4. The van der Waals surface area contributed by atoms with E-state index >= 15 is 0 Å². The largest absolute Gasteiger partial charge is 0.367 e. The number of carbonyl (C=O) groups is 1. The molecule has 0 bridgehead atoms. The SMILES string of the molecule is C=C(C(=O)ON[C@@H](C)CN)C(C)(C)C. The highest BCUT2D eigenvalue weighted by molar-refractivity contribution is 5.88. The van der Waals surface area contributed by atoms with Crippen LogP contribution in [0.25, 0.3) is 0 Å². The number of nitrogens with one attached hydrogen (secondary N) is 1. The van der Waals surface area contributed by atoms with Crippen LogP contribution in [0.2, 0.25) is 0 Å². The molecule has 0 aliphatic rings. The molecule has 0 rings (SSSR count). The van der Waals surface area contributed by atoms with Crippen LogP contribution in [0.4, 0.5) is 0 Å². The van der Waals surface area contributed by atoms with Gasteiger partial charge in [0.15, 0.2) is 0 Å². The number of hydrogen-bond acceptors (Lipinski definition) is 4. The molecule has 0 spiro atoms. The summed E-state index contributed by atoms with van der Waals surface area (Å²) in [4.78, 5) is 16.2. The molecule has 4 nitrogen and oxygen atoms in total. The van der Waals surface area contributed by atoms with E-state index in [-0.39, 0.29) is 11.5 Å². The fraction of sp³-hybridized carbons (Fsp3) is 0.700. The number of hydroxylamine groups is 1. The summed E-state index contributed by atoms with van der Waals surface area (Å²) < 4.78 is 0. The van der Waals surface area contributed by atoms with Gasteiger partial charge in [0.05, 0.1) is 6.04 Å². The van der Waals surface area contributed by atoms with Crippen LogP contribution in [0, 0.1) is 5.41 Å². The molecule has 0 amide bonds. The normalized spacial score (nSPS) is 13.5. The smallest absolute Gasteiger partial charge is 0.352 e. The van der Waals surface area contributed by atoms with Crippen molar-refractivity contribution < 1.29 is 9.63 Å². The lowest BCUT2D eigenvalue weighted by molar-refractivity contribution is -0.148. The van der Waals surface area contributed by atoms with Gasteiger partial charge >= 0.3 is 5.97 Å². The second-order valence-electron chi connectivity index (χ2n) is 4.37. The molecule has 0 aromatic heterocycles. The molecule has 3 N–H and O–H groups in total. The minimum absolute atomic E-state index is 0.0493. The third kappa shape index (κ3) is 4.39. The van der Waals surface area contributed by atoms with Crippen molar-refractivity contribution in [3.8, 4) is 0 Å². The number of nitrogens with two attached hydrogens (primary N) is 1. The molecular formula is C10H20N2O2. The van der Waals surface area contributed by atoms with E-state index in [9.17, 15) is 4.79 Å². The molecule has 0 heterocycles. The van der Waals surface area contributed by atoms with Gasteiger partial charge in [0.25, 0.3) is 0 Å². The first-order valence-corrected chi connectivity index (χ1v) is 4.65. The van der Waals surface area contributed by atoms with Gasteiger partial charge in [-0.05, 0) is 12.3 Å². The van der Waals surface area contributed by atoms with Gasteiger partial charge in [-0.1, -0.05) is 27.4 Å². The molecule has 0 aromatic carbocycles. The summed E-state index contributed by atoms with van der Waals surface area (Å²) in [5.41, 5.74) is 8.06. The Labute approximate surface area is 85.5 Å². The average Bonchev–Trinajstić information content (AvgIpc) is 2.10. The maximum Gasteiger partial charge on any atom is 0.352 e. The molecule has 0 saturated carbocycles. The van der Waals surface area contributed by atoms with E-state index in [1.54, 1.807) is 0 Å². The van der Waals surface area contributed by atoms with Crippen molar-refractivity contribution in [1.29, 1.82) is 0 Å². The van der Waals surface area contributed by atoms with Crippen molar-refractivity contribution in [2.75, 3.05) is 6.54 Å². The van der Waals surface area contributed by atoms with Crippen LogP contribution in [0.1, 0.15) is 27.7 Å². The standard InChI is InChI=1S/C10H20N2O2/c1-7(6-11)12-14-9(13)8(2)10(3,4)5/h7,12H,2,6,11H2,1,3-5H3/t7-/m0/s1. The molecule has 0 fully saturated rings. The minimum Gasteiger partial charge on any atom is -0.367 e. The third-order valence-electron chi connectivity index (χ3n) is 1.86. The summed E-state index contributed by atoms with van der Waals surface area (Å²) in [7, 11) is 0. The van der Waals surface area contributed by atoms with Gasteiger partial charge in [0.2, 0.25) is 0 Å². The summed E-state index contributed by atoms with van der Waals surface area (Å²) in [6.07, 6.45) is 0. The Bertz CT molecular complexity index is 219. The summed E-state index contributed by atoms with van der Waals surface area (Å²) in [5.74, 6) is -0.433. The molecule has 0 aliphatic carbocycles. The zero-order valence-corrected chi connectivity index (χ0v) is 9.39. The van der Waals surface area contributed by atoms with Gasteiger partial charge in [0.1, 0.15) is 0 Å². The summed E-state index contributed by atoms with van der Waals surface area (Å²) in [6.45, 7) is 11.6. The topological polar surface area (TPSA) is 64.3 Å². The van der Waals surface area contributed by atoms with E-state index in [1.807, 2.05) is 27.7 Å². The molecule has 0 unspecified atom stereocenters. The molecule has 4 heteroatoms. The maximum absolute atomic E-state index is 11.4. The van der Waals surface area contributed by atoms with Crippen LogP contribution in [0.15, 0.2) is 12.2 Å². The van der Waals surface area contributed by atoms with Gasteiger partial charge < -0.3 is 10.6 Å². The average molecular weight is 200 g/mol. The number of carbonyl (C=O) groups excluding carboxylic acids is 1. The predicted octanol–water partition coefficient (Wildman–Crippen LogP) is 0.984. The Kier molecular flexibility index (Phi) is 4.80. The Hall–Kier alpha value is -0.870. The lowest BCUT2D eigenvalue weighted by atomic mass is 9.88. The van der Waals surface area contributed by atoms with Crippen LogP contribution < -0.4 is 11.2 Å². The first-order valence-electron chi connectivity index (χ1n) is 4.65. The maximum atomic E-state index is 11.4. The lowest BCUT2D eigenvalue weighted by Gasteiger charge is -2.20. The first-order chi connectivity index (χ1) is 6.29. The van der Waals surface area contributed by atoms with Crippen molar-refractivity contribution in [1.82, 2.24) is 5.48 Å². The second-order valence-corrected chi connectivity index (χ2v) is 4.37. The van der Waals surface area contributed by atoms with Crippen molar-refractivity contribution >= 4 is 5.97 Å². The molecule has 82 valence electrons. The minimum atomic E-state index is -0.433. The van der Waals surface area contributed by atoms with Crippen LogP contribution in [0.5, 0.6) is 0 Å². The molecule has 0 aromatic rings. The zero-order valence-electron chi connectivity index (χ0n) is 9.39. The molecular weight excluding hydrogens is 180 g/mol. The highest BCUT2D eigenvalue weighted by atomic mass is 16.7. The molecule has 14 heavy (non-hydrogen) atoms. The Morgan fingerprint density at radius 3 is 2.43 bits per heavy atom. The van der Waals surface area contributed by atoms with Crippen LogP contribution >= 0.6 is 0 Å². The molecule has 0 aliphatic heterocycles. The second kappa shape index (κ2) is 5.12. The summed E-state index contributed by atoms with van der Waals surface area (Å²) >= 11 is 0. The number of hydrogen-bond donors (Lipinski definition) is 2. The van der Waals surface area contributed by atoms with Crippen molar-refractivity contribution in [3.63, 3.8) is 0 Å². The predicted molar refractivity (Wildman–Crippen MR) is 56.3 cm³/mol. The zero-order chi connectivity index (χ0) is 11.4. The fourth-order valence-electron chi connectivity index (χ4n) is 0.570. The van der Waals surface area contributed by atoms with E-state index in [4.69, 9.17) is 10.6 Å². The Morgan fingerprint density at radius 1 is 1.57 bits per heavy atom. The summed E-state index contributed by atoms with van der Waals surface area (Å²) in [5, 5.41) is 0. The van der Waals surface area contributed by atoms with Gasteiger partial charge in [-0.3, -0.25) is 0 Å². The third-order valence-corrected chi connectivity index (χ3v) is 1.86. The molecule has 1 atom stereocenters. The van der Waals surface area contributed by atoms with Crippen LogP contribution in [-0.2, 0) is 9.63 Å². The quantitative estimate of drug-likeness (QED) is 0.524. The molecule has 0 saturated heterocycles. The first kappa shape index (κ1) is 13.1. The van der Waals surface area contributed by atoms with Crippen LogP contribution in [0.3, 0.4) is 0 Å². The van der Waals surface area contributed by atoms with E-state index in [0.717, 1.165) is 0 Å². The lowest BCUT2D eigenvalue weighted by Crippen LogP contribution is -2.36. The monoisotopic (exact) mass is 200 g/mol. The molecule has 0 radical (unpaired) electrons. The van der Waals surface area contributed by atoms with E-state index < -0.39 is 5.97 Å². The van der Waals surface area contributed by atoms with E-state index in [0.29, 0.717) is 12.1 Å². The van der Waals surface area contributed by atoms with E-state index in [2.05, 4.69) is 12.1 Å². The highest BCUT2D eigenvalue weighted by Gasteiger charge is 2.23. The fourth-order valence-corrected chi connectivity index (χ4v) is 0.570. The van der Waals surface area contributed by atoms with Gasteiger partial charge in [-0.2, -0.15) is 0 Å². The van der Waals surface area contributed by atoms with Gasteiger partial charge in [-0.15, -0.1) is 5.48 Å². The van der Waals surface area contributed by atoms with Gasteiger partial charge in [-0.25, -0.2) is 4.79 Å². The van der Waals surface area contributed by atoms with Crippen LogP contribution in [-0.4, -0.2) is 18.6 Å². The van der Waals surface area contributed by atoms with Crippen molar-refractivity contribution in [3.05, 3.63) is 12.2 Å². The summed E-state index contributed by atoms with van der Waals surface area (Å²) in [6, 6.07) is -0.0493. The van der Waals surface area contributed by atoms with E-state index in [1.165, 1.54) is 0 Å². The van der Waals surface area contributed by atoms with Crippen molar-refractivity contribution in [2.24, 2.45) is 11.1 Å². The highest BCUT2D eigenvalue weighted by Crippen LogP contribution is 2.23. The Balaban J connectivity index is 4.04. The van der Waals surface area contributed by atoms with Gasteiger partial charge in [0, 0.05) is 12.1 Å². The van der Waals surface area contributed by atoms with Crippen molar-refractivity contribution in [2.45, 2.75) is 33.7 Å².